The lowest BCUT2D eigenvalue weighted by molar-refractivity contribution is 0.414. The van der Waals surface area contributed by atoms with E-state index in [1.807, 2.05) is 48.5 Å². The molecule has 2 aromatic carbocycles. The molecule has 0 bridgehead atoms. The van der Waals surface area contributed by atoms with Crippen molar-refractivity contribution < 1.29 is 4.74 Å². The summed E-state index contributed by atoms with van der Waals surface area (Å²) in [6, 6.07) is 16.0. The van der Waals surface area contributed by atoms with Crippen LogP contribution in [0.2, 0.25) is 0 Å². The molecule has 0 fully saturated rings. The van der Waals surface area contributed by atoms with E-state index in [0.29, 0.717) is 0 Å². The number of imidazole rings is 1. The summed E-state index contributed by atoms with van der Waals surface area (Å²) >= 11 is 0. The summed E-state index contributed by atoms with van der Waals surface area (Å²) in [5.41, 5.74) is 3.20. The van der Waals surface area contributed by atoms with Gasteiger partial charge in [0.05, 0.1) is 18.1 Å². The third-order valence-electron chi connectivity index (χ3n) is 3.01. The van der Waals surface area contributed by atoms with Gasteiger partial charge in [0.15, 0.2) is 0 Å². The Bertz CT molecular complexity index is 640. The second kappa shape index (κ2) is 5.02. The smallest absolute Gasteiger partial charge is 0.201 e. The first kappa shape index (κ1) is 11.6. The van der Waals surface area contributed by atoms with Crippen LogP contribution in [0.25, 0.3) is 11.0 Å². The summed E-state index contributed by atoms with van der Waals surface area (Å²) in [4.78, 5) is 7.71. The second-order valence-electron chi connectivity index (χ2n) is 4.30. The van der Waals surface area contributed by atoms with Gasteiger partial charge in [-0.25, -0.2) is 4.98 Å². The molecule has 3 aromatic rings. The molecule has 0 spiro atoms. The molecule has 3 rings (SSSR count). The molecule has 1 heterocycles. The van der Waals surface area contributed by atoms with E-state index in [0.717, 1.165) is 29.3 Å². The van der Waals surface area contributed by atoms with Crippen LogP contribution in [0.4, 0.5) is 5.95 Å². The van der Waals surface area contributed by atoms with Crippen molar-refractivity contribution in [3.63, 3.8) is 0 Å². The molecule has 96 valence electrons. The van der Waals surface area contributed by atoms with Gasteiger partial charge in [0.25, 0.3) is 0 Å². The first-order chi connectivity index (χ1) is 9.35. The van der Waals surface area contributed by atoms with Crippen molar-refractivity contribution in [1.82, 2.24) is 9.97 Å². The van der Waals surface area contributed by atoms with Gasteiger partial charge < -0.3 is 15.0 Å². The number of nitrogens with one attached hydrogen (secondary N) is 2. The Labute approximate surface area is 111 Å². The maximum atomic E-state index is 5.13. The van der Waals surface area contributed by atoms with Crippen LogP contribution >= 0.6 is 0 Å². The monoisotopic (exact) mass is 253 g/mol. The van der Waals surface area contributed by atoms with E-state index in [2.05, 4.69) is 15.3 Å². The minimum absolute atomic E-state index is 0.726. The quantitative estimate of drug-likeness (QED) is 0.750. The molecule has 0 saturated carbocycles. The van der Waals surface area contributed by atoms with Gasteiger partial charge in [-0.1, -0.05) is 24.3 Å². The molecule has 0 amide bonds. The number of anilines is 1. The van der Waals surface area contributed by atoms with E-state index in [-0.39, 0.29) is 0 Å². The Hall–Kier alpha value is -2.49. The van der Waals surface area contributed by atoms with Crippen molar-refractivity contribution >= 4 is 17.0 Å². The fourth-order valence-corrected chi connectivity index (χ4v) is 1.97. The van der Waals surface area contributed by atoms with Crippen molar-refractivity contribution in [1.29, 1.82) is 0 Å². The van der Waals surface area contributed by atoms with Gasteiger partial charge in [0.1, 0.15) is 5.75 Å². The van der Waals surface area contributed by atoms with Crippen LogP contribution in [0.5, 0.6) is 5.75 Å². The highest BCUT2D eigenvalue weighted by Crippen LogP contribution is 2.15. The van der Waals surface area contributed by atoms with Crippen molar-refractivity contribution in [2.45, 2.75) is 6.54 Å². The van der Waals surface area contributed by atoms with Gasteiger partial charge in [-0.15, -0.1) is 0 Å². The second-order valence-corrected chi connectivity index (χ2v) is 4.30. The topological polar surface area (TPSA) is 49.9 Å². The molecule has 0 aliphatic heterocycles. The molecule has 0 aliphatic carbocycles. The Morgan fingerprint density at radius 2 is 1.89 bits per heavy atom. The van der Waals surface area contributed by atoms with Crippen LogP contribution in [0.3, 0.4) is 0 Å². The lowest BCUT2D eigenvalue weighted by Gasteiger charge is -2.04. The summed E-state index contributed by atoms with van der Waals surface area (Å²) in [6.07, 6.45) is 0. The lowest BCUT2D eigenvalue weighted by atomic mass is 10.2. The average molecular weight is 253 g/mol. The van der Waals surface area contributed by atoms with Crippen molar-refractivity contribution in [2.75, 3.05) is 12.4 Å². The number of nitrogens with zero attached hydrogens (tertiary/aromatic N) is 1. The number of para-hydroxylation sites is 2. The van der Waals surface area contributed by atoms with E-state index in [9.17, 15) is 0 Å². The summed E-state index contributed by atoms with van der Waals surface area (Å²) in [5.74, 6) is 1.66. The molecule has 0 aliphatic rings. The van der Waals surface area contributed by atoms with Gasteiger partial charge >= 0.3 is 0 Å². The molecule has 0 unspecified atom stereocenters. The number of benzene rings is 2. The van der Waals surface area contributed by atoms with Crippen LogP contribution in [-0.4, -0.2) is 17.1 Å². The SMILES string of the molecule is COc1ccc(CNc2nc3ccccc3[nH]2)cc1. The number of hydrogen-bond acceptors (Lipinski definition) is 3. The fraction of sp³-hybridized carbons (Fsp3) is 0.133. The first-order valence-electron chi connectivity index (χ1n) is 6.17. The predicted molar refractivity (Wildman–Crippen MR) is 76.4 cm³/mol. The highest BCUT2D eigenvalue weighted by atomic mass is 16.5. The number of methoxy groups -OCH3 is 1. The molecule has 0 radical (unpaired) electrons. The number of aromatic amines is 1. The van der Waals surface area contributed by atoms with Crippen molar-refractivity contribution in [3.8, 4) is 5.75 Å². The number of aromatic nitrogens is 2. The third kappa shape index (κ3) is 2.52. The van der Waals surface area contributed by atoms with Crippen LogP contribution in [0.1, 0.15) is 5.56 Å². The predicted octanol–water partition coefficient (Wildman–Crippen LogP) is 3.18. The molecule has 1 aromatic heterocycles. The van der Waals surface area contributed by atoms with Crippen molar-refractivity contribution in [3.05, 3.63) is 54.1 Å². The summed E-state index contributed by atoms with van der Waals surface area (Å²) in [5, 5.41) is 3.28. The van der Waals surface area contributed by atoms with Crippen LogP contribution < -0.4 is 10.1 Å². The lowest BCUT2D eigenvalue weighted by Crippen LogP contribution is -2.00. The van der Waals surface area contributed by atoms with Crippen LogP contribution in [-0.2, 0) is 6.54 Å². The highest BCUT2D eigenvalue weighted by molar-refractivity contribution is 5.77. The summed E-state index contributed by atoms with van der Waals surface area (Å²) in [7, 11) is 1.67. The summed E-state index contributed by atoms with van der Waals surface area (Å²) < 4.78 is 5.13. The van der Waals surface area contributed by atoms with E-state index < -0.39 is 0 Å². The van der Waals surface area contributed by atoms with Gasteiger partial charge in [-0.05, 0) is 29.8 Å². The number of fused-ring (bicyclic) bond motifs is 1. The van der Waals surface area contributed by atoms with E-state index in [1.54, 1.807) is 7.11 Å². The van der Waals surface area contributed by atoms with E-state index in [4.69, 9.17) is 4.74 Å². The van der Waals surface area contributed by atoms with Crippen molar-refractivity contribution in [2.24, 2.45) is 0 Å². The minimum Gasteiger partial charge on any atom is -0.497 e. The molecule has 19 heavy (non-hydrogen) atoms. The Balaban J connectivity index is 1.70. The molecule has 0 saturated heterocycles. The third-order valence-corrected chi connectivity index (χ3v) is 3.01. The zero-order chi connectivity index (χ0) is 13.1. The Kier molecular flexibility index (Phi) is 3.06. The number of H-pyrrole nitrogens is 1. The highest BCUT2D eigenvalue weighted by Gasteiger charge is 2.01. The Morgan fingerprint density at radius 1 is 1.11 bits per heavy atom. The largest absolute Gasteiger partial charge is 0.497 e. The van der Waals surface area contributed by atoms with Gasteiger partial charge in [-0.2, -0.15) is 0 Å². The molecular weight excluding hydrogens is 238 g/mol. The van der Waals surface area contributed by atoms with E-state index in [1.165, 1.54) is 5.56 Å². The zero-order valence-electron chi connectivity index (χ0n) is 10.7. The van der Waals surface area contributed by atoms with E-state index >= 15 is 0 Å². The minimum atomic E-state index is 0.726. The number of ether oxygens (including phenoxy) is 1. The molecule has 2 N–H and O–H groups in total. The molecule has 4 nitrogen and oxygen atoms in total. The van der Waals surface area contributed by atoms with Gasteiger partial charge in [0, 0.05) is 6.54 Å². The standard InChI is InChI=1S/C15H15N3O/c1-19-12-8-6-11(7-9-12)10-16-15-17-13-4-2-3-5-14(13)18-15/h2-9H,10H2,1H3,(H2,16,17,18). The van der Waals surface area contributed by atoms with Crippen LogP contribution in [0, 0.1) is 0 Å². The maximum Gasteiger partial charge on any atom is 0.201 e. The molecule has 0 atom stereocenters. The number of rotatable bonds is 4. The average Bonchev–Trinajstić information content (AvgIpc) is 2.88. The zero-order valence-corrected chi connectivity index (χ0v) is 10.7. The fourth-order valence-electron chi connectivity index (χ4n) is 1.97. The van der Waals surface area contributed by atoms with Crippen LogP contribution in [0.15, 0.2) is 48.5 Å². The molecular formula is C15H15N3O. The van der Waals surface area contributed by atoms with Gasteiger partial charge in [-0.3, -0.25) is 0 Å². The summed E-state index contributed by atoms with van der Waals surface area (Å²) in [6.45, 7) is 0.726. The molecule has 4 heteroatoms. The normalized spacial score (nSPS) is 10.6. The number of hydrogen-bond donors (Lipinski definition) is 2. The van der Waals surface area contributed by atoms with Gasteiger partial charge in [0.2, 0.25) is 5.95 Å². The Morgan fingerprint density at radius 3 is 2.63 bits per heavy atom. The first-order valence-corrected chi connectivity index (χ1v) is 6.17. The maximum absolute atomic E-state index is 5.13.